The van der Waals surface area contributed by atoms with Crippen molar-refractivity contribution >= 4 is 18.4 Å². The molecule has 4 rings (SSSR count). The molecule has 2 heterocycles. The third-order valence-electron chi connectivity index (χ3n) is 4.67. The lowest BCUT2D eigenvalue weighted by molar-refractivity contribution is 0.670. The average molecular weight is 308 g/mol. The summed E-state index contributed by atoms with van der Waals surface area (Å²) < 4.78 is 1.99. The highest BCUT2D eigenvalue weighted by molar-refractivity contribution is 5.85. The van der Waals surface area contributed by atoms with Crippen molar-refractivity contribution in [2.24, 2.45) is 0 Å². The summed E-state index contributed by atoms with van der Waals surface area (Å²) in [5, 5.41) is 0. The quantitative estimate of drug-likeness (QED) is 0.944. The molecule has 2 fully saturated rings. The van der Waals surface area contributed by atoms with Crippen molar-refractivity contribution in [1.82, 2.24) is 19.5 Å². The monoisotopic (exact) mass is 307 g/mol. The molecule has 2 N–H and O–H groups in total. The number of imidazole rings is 1. The molecule has 0 unspecified atom stereocenters. The van der Waals surface area contributed by atoms with Crippen LogP contribution in [0.15, 0.2) is 0 Å². The van der Waals surface area contributed by atoms with Gasteiger partial charge in [0.2, 0.25) is 5.95 Å². The summed E-state index contributed by atoms with van der Waals surface area (Å²) in [4.78, 5) is 14.3. The molecule has 2 aliphatic heterocycles. The number of halogens is 1. The first kappa shape index (κ1) is 14.6. The zero-order valence-corrected chi connectivity index (χ0v) is 13.2. The van der Waals surface area contributed by atoms with Gasteiger partial charge in [0.1, 0.15) is 11.5 Å². The molecule has 21 heavy (non-hydrogen) atoms. The van der Waals surface area contributed by atoms with Crippen molar-refractivity contribution < 1.29 is 0 Å². The van der Waals surface area contributed by atoms with Gasteiger partial charge in [-0.25, -0.2) is 15.0 Å². The summed E-state index contributed by atoms with van der Waals surface area (Å²) in [6, 6.07) is 0. The van der Waals surface area contributed by atoms with Gasteiger partial charge in [0, 0.05) is 18.4 Å². The molecule has 0 amide bonds. The molecule has 2 aliphatic carbocycles. The van der Waals surface area contributed by atoms with Gasteiger partial charge in [-0.3, -0.25) is 4.57 Å². The van der Waals surface area contributed by atoms with E-state index in [2.05, 4.69) is 11.9 Å². The predicted molar refractivity (Wildman–Crippen MR) is 85.0 cm³/mol. The topological polar surface area (TPSA) is 69.6 Å². The second-order valence-corrected chi connectivity index (χ2v) is 6.11. The highest BCUT2D eigenvalue weighted by Gasteiger charge is 2.33. The Hall–Kier alpha value is -1.36. The van der Waals surface area contributed by atoms with Gasteiger partial charge in [0.15, 0.2) is 5.82 Å². The molecule has 4 aliphatic rings. The molecule has 0 spiro atoms. The molecule has 0 bridgehead atoms. The van der Waals surface area contributed by atoms with E-state index in [0.717, 1.165) is 29.6 Å². The number of fused-ring (bicyclic) bond motifs is 1. The largest absolute Gasteiger partial charge is 0.369 e. The van der Waals surface area contributed by atoms with Crippen LogP contribution >= 0.6 is 12.4 Å². The third kappa shape index (κ3) is 2.37. The minimum Gasteiger partial charge on any atom is -0.369 e. The van der Waals surface area contributed by atoms with Crippen molar-refractivity contribution in [3.8, 4) is 11.5 Å². The molecular weight excluding hydrogens is 286 g/mol. The zero-order valence-electron chi connectivity index (χ0n) is 12.4. The Morgan fingerprint density at radius 3 is 2.38 bits per heavy atom. The number of nitrogen functional groups attached to an aromatic ring is 1. The van der Waals surface area contributed by atoms with Crippen molar-refractivity contribution in [2.45, 2.75) is 63.8 Å². The predicted octanol–water partition coefficient (Wildman–Crippen LogP) is 3.34. The standard InChI is InChI=1S/C15H21N5.ClH/c1-2-20-14-12(17-13(19-14)10-7-8-10)11(18-15(20)16)9-5-3-4-6-9;/h9-10H,2-8H2,1H3,(H2,16,18);1H. The van der Waals surface area contributed by atoms with Gasteiger partial charge in [-0.15, -0.1) is 12.4 Å². The Morgan fingerprint density at radius 1 is 1.05 bits per heavy atom. The molecule has 0 atom stereocenters. The molecule has 0 radical (unpaired) electrons. The molecule has 6 heteroatoms. The van der Waals surface area contributed by atoms with Gasteiger partial charge in [-0.05, 0) is 32.6 Å². The fourth-order valence-corrected chi connectivity index (χ4v) is 3.38. The third-order valence-corrected chi connectivity index (χ3v) is 4.67. The maximum atomic E-state index is 6.15. The van der Waals surface area contributed by atoms with Gasteiger partial charge in [-0.2, -0.15) is 0 Å². The minimum absolute atomic E-state index is 0. The van der Waals surface area contributed by atoms with Crippen LogP contribution in [0.1, 0.15) is 68.8 Å². The lowest BCUT2D eigenvalue weighted by atomic mass is 10.0. The van der Waals surface area contributed by atoms with Crippen molar-refractivity contribution in [2.75, 3.05) is 5.73 Å². The van der Waals surface area contributed by atoms with Gasteiger partial charge in [0.25, 0.3) is 0 Å². The lowest BCUT2D eigenvalue weighted by Gasteiger charge is -2.17. The van der Waals surface area contributed by atoms with Crippen LogP contribution in [0.4, 0.5) is 5.95 Å². The fourth-order valence-electron chi connectivity index (χ4n) is 3.38. The molecular formula is C15H22ClN5. The van der Waals surface area contributed by atoms with Crippen LogP contribution in [0.2, 0.25) is 0 Å². The van der Waals surface area contributed by atoms with Crippen LogP contribution in [-0.4, -0.2) is 19.5 Å². The molecule has 114 valence electrons. The van der Waals surface area contributed by atoms with E-state index in [1.54, 1.807) is 0 Å². The summed E-state index contributed by atoms with van der Waals surface area (Å²) in [6.07, 6.45) is 7.46. The fraction of sp³-hybridized carbons (Fsp3) is 0.667. The van der Waals surface area contributed by atoms with E-state index in [9.17, 15) is 0 Å². The number of rotatable bonds is 3. The summed E-state index contributed by atoms with van der Waals surface area (Å²) in [7, 11) is 0. The maximum Gasteiger partial charge on any atom is 0.202 e. The molecule has 0 aromatic heterocycles. The summed E-state index contributed by atoms with van der Waals surface area (Å²) in [5.74, 6) is 3.64. The number of anilines is 1. The Labute approximate surface area is 131 Å². The Bertz CT molecular complexity index is 613. The van der Waals surface area contributed by atoms with E-state index in [0.29, 0.717) is 17.8 Å². The van der Waals surface area contributed by atoms with Gasteiger partial charge < -0.3 is 5.73 Å². The molecule has 2 saturated carbocycles. The lowest BCUT2D eigenvalue weighted by Crippen LogP contribution is -2.15. The Kier molecular flexibility index (Phi) is 3.78. The van der Waals surface area contributed by atoms with E-state index >= 15 is 0 Å². The van der Waals surface area contributed by atoms with Gasteiger partial charge in [-0.1, -0.05) is 12.8 Å². The molecule has 5 nitrogen and oxygen atoms in total. The molecule has 0 saturated heterocycles. The first-order valence-electron chi connectivity index (χ1n) is 7.81. The van der Waals surface area contributed by atoms with Gasteiger partial charge in [0.05, 0.1) is 5.69 Å². The number of hydrogen-bond donors (Lipinski definition) is 1. The second-order valence-electron chi connectivity index (χ2n) is 6.11. The van der Waals surface area contributed by atoms with Crippen molar-refractivity contribution in [1.29, 1.82) is 0 Å². The van der Waals surface area contributed by atoms with E-state index in [4.69, 9.17) is 15.7 Å². The highest BCUT2D eigenvalue weighted by atomic mass is 35.5. The number of hydrogen-bond acceptors (Lipinski definition) is 4. The summed E-state index contributed by atoms with van der Waals surface area (Å²) in [5.41, 5.74) is 8.26. The van der Waals surface area contributed by atoms with Crippen molar-refractivity contribution in [3.05, 3.63) is 11.5 Å². The van der Waals surface area contributed by atoms with Crippen LogP contribution in [-0.2, 0) is 6.54 Å². The molecule has 0 aromatic carbocycles. The van der Waals surface area contributed by atoms with Crippen LogP contribution < -0.4 is 5.73 Å². The smallest absolute Gasteiger partial charge is 0.202 e. The van der Waals surface area contributed by atoms with Crippen LogP contribution in [0.3, 0.4) is 0 Å². The van der Waals surface area contributed by atoms with Crippen LogP contribution in [0.25, 0.3) is 11.5 Å². The molecule has 0 aromatic rings. The van der Waals surface area contributed by atoms with Crippen LogP contribution in [0, 0.1) is 0 Å². The van der Waals surface area contributed by atoms with E-state index in [-0.39, 0.29) is 12.4 Å². The van der Waals surface area contributed by atoms with Gasteiger partial charge >= 0.3 is 0 Å². The van der Waals surface area contributed by atoms with Crippen molar-refractivity contribution in [3.63, 3.8) is 0 Å². The van der Waals surface area contributed by atoms with E-state index in [1.165, 1.54) is 38.5 Å². The van der Waals surface area contributed by atoms with Crippen LogP contribution in [0.5, 0.6) is 0 Å². The minimum atomic E-state index is 0. The normalized spacial score (nSPS) is 19.1. The Morgan fingerprint density at radius 2 is 1.76 bits per heavy atom. The number of aromatic nitrogens is 4. The van der Waals surface area contributed by atoms with E-state index in [1.807, 2.05) is 4.57 Å². The zero-order chi connectivity index (χ0) is 13.7. The SMILES string of the molecule is CCn1c(N)nc(C2CCCC2)c2nc(C3CC3)nc1-2.Cl. The second kappa shape index (κ2) is 5.44. The average Bonchev–Trinajstić information content (AvgIpc) is 2.99. The highest BCUT2D eigenvalue weighted by Crippen LogP contribution is 2.43. The maximum absolute atomic E-state index is 6.15. The number of nitrogens with zero attached hydrogens (tertiary/aromatic N) is 4. The summed E-state index contributed by atoms with van der Waals surface area (Å²) >= 11 is 0. The Balaban J connectivity index is 0.00000132. The van der Waals surface area contributed by atoms with E-state index < -0.39 is 0 Å². The summed E-state index contributed by atoms with van der Waals surface area (Å²) in [6.45, 7) is 2.88. The first-order valence-corrected chi connectivity index (χ1v) is 7.81. The first-order chi connectivity index (χ1) is 9.78. The number of nitrogens with two attached hydrogens (primary N) is 1.